The highest BCUT2D eigenvalue weighted by Gasteiger charge is 2.17. The minimum Gasteiger partial charge on any atom is -0.488 e. The Bertz CT molecular complexity index is 735. The summed E-state index contributed by atoms with van der Waals surface area (Å²) in [4.78, 5) is 23.5. The van der Waals surface area contributed by atoms with Crippen molar-refractivity contribution in [3.63, 3.8) is 0 Å². The maximum absolute atomic E-state index is 12.3. The fourth-order valence-electron chi connectivity index (χ4n) is 2.46. The average molecular weight is 327 g/mol. The molecule has 2 aromatic carbocycles. The summed E-state index contributed by atoms with van der Waals surface area (Å²) < 4.78 is 11.0. The Morgan fingerprint density at radius 2 is 1.88 bits per heavy atom. The third kappa shape index (κ3) is 3.72. The predicted octanol–water partition coefficient (Wildman–Crippen LogP) is 2.80. The van der Waals surface area contributed by atoms with Gasteiger partial charge in [-0.3, -0.25) is 4.79 Å². The molecule has 0 saturated carbocycles. The van der Waals surface area contributed by atoms with Gasteiger partial charge in [0, 0.05) is 12.0 Å². The van der Waals surface area contributed by atoms with E-state index in [1.807, 2.05) is 0 Å². The number of aromatic carboxylic acids is 1. The molecule has 3 rings (SSSR count). The van der Waals surface area contributed by atoms with Crippen LogP contribution in [0, 0.1) is 0 Å². The molecule has 124 valence electrons. The number of amides is 1. The van der Waals surface area contributed by atoms with Gasteiger partial charge in [0.25, 0.3) is 5.91 Å². The molecule has 1 heterocycles. The number of carbonyl (C=O) groups excluding carboxylic acids is 1. The van der Waals surface area contributed by atoms with E-state index in [2.05, 4.69) is 5.32 Å². The van der Waals surface area contributed by atoms with Crippen molar-refractivity contribution >= 4 is 17.6 Å². The lowest BCUT2D eigenvalue weighted by atomic mass is 10.1. The maximum atomic E-state index is 12.3. The first kappa shape index (κ1) is 16.0. The highest BCUT2D eigenvalue weighted by atomic mass is 16.5. The van der Waals surface area contributed by atoms with Crippen LogP contribution in [0.3, 0.4) is 0 Å². The SMILES string of the molecule is O=C(Nc1ccccc1C(=O)O)c1ccc(OC2CCOC2)cc1. The van der Waals surface area contributed by atoms with Crippen LogP contribution in [0.25, 0.3) is 0 Å². The summed E-state index contributed by atoms with van der Waals surface area (Å²) in [6.45, 7) is 1.28. The van der Waals surface area contributed by atoms with Gasteiger partial charge in [-0.05, 0) is 36.4 Å². The molecular formula is C18H17NO5. The summed E-state index contributed by atoms with van der Waals surface area (Å²) in [6, 6.07) is 13.0. The molecule has 1 atom stereocenters. The lowest BCUT2D eigenvalue weighted by molar-refractivity contribution is 0.0698. The molecule has 1 aliphatic heterocycles. The molecule has 1 fully saturated rings. The smallest absolute Gasteiger partial charge is 0.337 e. The second kappa shape index (κ2) is 7.14. The number of nitrogens with one attached hydrogen (secondary N) is 1. The van der Waals surface area contributed by atoms with Crippen LogP contribution >= 0.6 is 0 Å². The molecule has 24 heavy (non-hydrogen) atoms. The van der Waals surface area contributed by atoms with Gasteiger partial charge in [0.1, 0.15) is 11.9 Å². The second-order valence-corrected chi connectivity index (χ2v) is 5.43. The van der Waals surface area contributed by atoms with Gasteiger partial charge in [-0.15, -0.1) is 0 Å². The lowest BCUT2D eigenvalue weighted by Crippen LogP contribution is -2.16. The highest BCUT2D eigenvalue weighted by molar-refractivity contribution is 6.07. The Kier molecular flexibility index (Phi) is 4.77. The van der Waals surface area contributed by atoms with Crippen molar-refractivity contribution in [2.24, 2.45) is 0 Å². The predicted molar refractivity (Wildman–Crippen MR) is 87.6 cm³/mol. The summed E-state index contributed by atoms with van der Waals surface area (Å²) in [5.41, 5.74) is 0.732. The zero-order chi connectivity index (χ0) is 16.9. The molecule has 0 aliphatic carbocycles. The van der Waals surface area contributed by atoms with Gasteiger partial charge < -0.3 is 19.9 Å². The van der Waals surface area contributed by atoms with Crippen molar-refractivity contribution in [2.75, 3.05) is 18.5 Å². The molecule has 0 spiro atoms. The summed E-state index contributed by atoms with van der Waals surface area (Å²) in [7, 11) is 0. The average Bonchev–Trinajstić information content (AvgIpc) is 3.09. The summed E-state index contributed by atoms with van der Waals surface area (Å²) in [6.07, 6.45) is 0.904. The van der Waals surface area contributed by atoms with Crippen molar-refractivity contribution in [1.82, 2.24) is 0 Å². The Morgan fingerprint density at radius 3 is 2.54 bits per heavy atom. The van der Waals surface area contributed by atoms with E-state index in [0.29, 0.717) is 24.5 Å². The number of anilines is 1. The van der Waals surface area contributed by atoms with Gasteiger partial charge in [-0.25, -0.2) is 4.79 Å². The van der Waals surface area contributed by atoms with Crippen LogP contribution in [0.15, 0.2) is 48.5 Å². The monoisotopic (exact) mass is 327 g/mol. The van der Waals surface area contributed by atoms with E-state index in [1.54, 1.807) is 42.5 Å². The van der Waals surface area contributed by atoms with Gasteiger partial charge in [0.05, 0.1) is 24.5 Å². The van der Waals surface area contributed by atoms with Gasteiger partial charge in [-0.1, -0.05) is 12.1 Å². The molecule has 0 bridgehead atoms. The standard InChI is InChI=1S/C18H17NO5/c20-17(19-16-4-2-1-3-15(16)18(21)22)12-5-7-13(8-6-12)24-14-9-10-23-11-14/h1-8,14H,9-11H2,(H,19,20)(H,21,22). The zero-order valence-corrected chi connectivity index (χ0v) is 12.9. The Labute approximate surface area is 139 Å². The van der Waals surface area contributed by atoms with E-state index in [4.69, 9.17) is 14.6 Å². The zero-order valence-electron chi connectivity index (χ0n) is 12.9. The van der Waals surface area contributed by atoms with Crippen molar-refractivity contribution in [2.45, 2.75) is 12.5 Å². The topological polar surface area (TPSA) is 84.9 Å². The van der Waals surface area contributed by atoms with Gasteiger partial charge in [0.15, 0.2) is 0 Å². The van der Waals surface area contributed by atoms with E-state index < -0.39 is 5.97 Å². The first-order valence-electron chi connectivity index (χ1n) is 7.61. The number of hydrogen-bond donors (Lipinski definition) is 2. The van der Waals surface area contributed by atoms with E-state index in [9.17, 15) is 9.59 Å². The number of hydrogen-bond acceptors (Lipinski definition) is 4. The molecule has 1 amide bonds. The summed E-state index contributed by atoms with van der Waals surface area (Å²) >= 11 is 0. The maximum Gasteiger partial charge on any atom is 0.337 e. The molecule has 6 nitrogen and oxygen atoms in total. The largest absolute Gasteiger partial charge is 0.488 e. The van der Waals surface area contributed by atoms with Crippen LogP contribution in [0.5, 0.6) is 5.75 Å². The first-order chi connectivity index (χ1) is 11.6. The molecule has 6 heteroatoms. The molecule has 1 unspecified atom stereocenters. The number of carboxylic acids is 1. The van der Waals surface area contributed by atoms with Crippen LogP contribution in [0.1, 0.15) is 27.1 Å². The highest BCUT2D eigenvalue weighted by Crippen LogP contribution is 2.19. The summed E-state index contributed by atoms with van der Waals surface area (Å²) in [5, 5.41) is 11.8. The summed E-state index contributed by atoms with van der Waals surface area (Å²) in [5.74, 6) is -0.791. The first-order valence-corrected chi connectivity index (χ1v) is 7.61. The normalized spacial score (nSPS) is 16.6. The van der Waals surface area contributed by atoms with Crippen molar-refractivity contribution in [3.05, 3.63) is 59.7 Å². The Morgan fingerprint density at radius 1 is 1.12 bits per heavy atom. The van der Waals surface area contributed by atoms with E-state index in [1.165, 1.54) is 6.07 Å². The second-order valence-electron chi connectivity index (χ2n) is 5.43. The van der Waals surface area contributed by atoms with Crippen molar-refractivity contribution in [3.8, 4) is 5.75 Å². The molecule has 2 aromatic rings. The number of carbonyl (C=O) groups is 2. The molecular weight excluding hydrogens is 310 g/mol. The molecule has 1 aliphatic rings. The number of ether oxygens (including phenoxy) is 2. The molecule has 0 radical (unpaired) electrons. The van der Waals surface area contributed by atoms with Crippen LogP contribution in [0.2, 0.25) is 0 Å². The number of para-hydroxylation sites is 1. The Balaban J connectivity index is 1.68. The van der Waals surface area contributed by atoms with Gasteiger partial charge in [0.2, 0.25) is 0 Å². The minimum atomic E-state index is -1.09. The van der Waals surface area contributed by atoms with Gasteiger partial charge >= 0.3 is 5.97 Å². The molecule has 1 saturated heterocycles. The fraction of sp³-hybridized carbons (Fsp3) is 0.222. The molecule has 2 N–H and O–H groups in total. The number of benzene rings is 2. The van der Waals surface area contributed by atoms with Crippen LogP contribution in [-0.2, 0) is 4.74 Å². The number of carboxylic acid groups (broad SMARTS) is 1. The van der Waals surface area contributed by atoms with Crippen molar-refractivity contribution < 1.29 is 24.2 Å². The Hall–Kier alpha value is -2.86. The van der Waals surface area contributed by atoms with E-state index >= 15 is 0 Å². The van der Waals surface area contributed by atoms with Crippen LogP contribution in [-0.4, -0.2) is 36.3 Å². The van der Waals surface area contributed by atoms with Crippen LogP contribution in [0.4, 0.5) is 5.69 Å². The minimum absolute atomic E-state index is 0.0482. The molecule has 0 aromatic heterocycles. The third-order valence-electron chi connectivity index (χ3n) is 3.71. The van der Waals surface area contributed by atoms with Crippen molar-refractivity contribution in [1.29, 1.82) is 0 Å². The fourth-order valence-corrected chi connectivity index (χ4v) is 2.46. The van der Waals surface area contributed by atoms with E-state index in [-0.39, 0.29) is 23.3 Å². The number of rotatable bonds is 5. The van der Waals surface area contributed by atoms with E-state index in [0.717, 1.165) is 6.42 Å². The third-order valence-corrected chi connectivity index (χ3v) is 3.71. The lowest BCUT2D eigenvalue weighted by Gasteiger charge is -2.12. The van der Waals surface area contributed by atoms with Crippen LogP contribution < -0.4 is 10.1 Å². The quantitative estimate of drug-likeness (QED) is 0.882. The van der Waals surface area contributed by atoms with Gasteiger partial charge in [-0.2, -0.15) is 0 Å².